The van der Waals surface area contributed by atoms with Crippen LogP contribution in [0.15, 0.2) is 17.1 Å². The number of rotatable bonds is 2. The molecule has 0 saturated heterocycles. The third-order valence-corrected chi connectivity index (χ3v) is 4.35. The van der Waals surface area contributed by atoms with Gasteiger partial charge in [-0.05, 0) is 17.7 Å². The third-order valence-electron chi connectivity index (χ3n) is 4.35. The molecule has 2 aromatic rings. The molecular formula is C17H14N8O3. The Morgan fingerprint density at radius 2 is 2.14 bits per heavy atom. The van der Waals surface area contributed by atoms with E-state index in [1.54, 1.807) is 18.3 Å². The quantitative estimate of drug-likeness (QED) is 0.431. The van der Waals surface area contributed by atoms with E-state index in [1.807, 2.05) is 6.07 Å². The summed E-state index contributed by atoms with van der Waals surface area (Å²) in [6, 6.07) is 4.72. The van der Waals surface area contributed by atoms with Crippen molar-refractivity contribution in [1.82, 2.24) is 10.3 Å². The van der Waals surface area contributed by atoms with Gasteiger partial charge in [0.1, 0.15) is 29.3 Å². The lowest BCUT2D eigenvalue weighted by Gasteiger charge is -2.26. The number of aliphatic imine (C=N–C) groups is 1. The molecule has 140 valence electrons. The van der Waals surface area contributed by atoms with Crippen LogP contribution in [-0.2, 0) is 0 Å². The minimum Gasteiger partial charge on any atom is -0.493 e. The second-order valence-electron chi connectivity index (χ2n) is 5.86. The summed E-state index contributed by atoms with van der Waals surface area (Å²) in [7, 11) is 1.51. The predicted molar refractivity (Wildman–Crippen MR) is 98.5 cm³/mol. The van der Waals surface area contributed by atoms with Crippen LogP contribution < -0.4 is 36.3 Å². The van der Waals surface area contributed by atoms with Crippen molar-refractivity contribution in [3.63, 3.8) is 0 Å². The van der Waals surface area contributed by atoms with E-state index < -0.39 is 6.04 Å². The van der Waals surface area contributed by atoms with Gasteiger partial charge in [0.15, 0.2) is 17.7 Å². The molecule has 1 aromatic carbocycles. The Morgan fingerprint density at radius 1 is 1.32 bits per heavy atom. The maximum absolute atomic E-state index is 9.38. The van der Waals surface area contributed by atoms with E-state index in [-0.39, 0.29) is 29.8 Å². The molecule has 1 atom stereocenters. The van der Waals surface area contributed by atoms with Gasteiger partial charge in [-0.25, -0.2) is 9.98 Å². The Balaban J connectivity index is 1.95. The summed E-state index contributed by atoms with van der Waals surface area (Å²) < 4.78 is 16.3. The second-order valence-corrected chi connectivity index (χ2v) is 5.86. The SMILES string of the molecule is COc1cc(C2N=C(NC#N)Nc3nc(N)c(C#N)c(N)c32)cc2c1OCO2. The van der Waals surface area contributed by atoms with Crippen molar-refractivity contribution in [2.24, 2.45) is 4.99 Å². The zero-order valence-electron chi connectivity index (χ0n) is 14.6. The maximum atomic E-state index is 9.38. The first-order valence-electron chi connectivity index (χ1n) is 8.03. The number of benzene rings is 1. The van der Waals surface area contributed by atoms with E-state index in [4.69, 9.17) is 30.9 Å². The molecule has 4 rings (SSSR count). The molecule has 0 aliphatic carbocycles. The van der Waals surface area contributed by atoms with Crippen LogP contribution in [0.4, 0.5) is 17.3 Å². The number of ether oxygens (including phenoxy) is 3. The largest absolute Gasteiger partial charge is 0.493 e. The zero-order chi connectivity index (χ0) is 19.8. The van der Waals surface area contributed by atoms with E-state index in [2.05, 4.69) is 20.6 Å². The van der Waals surface area contributed by atoms with Crippen LogP contribution >= 0.6 is 0 Å². The molecule has 0 saturated carbocycles. The number of guanidine groups is 1. The molecule has 11 nitrogen and oxygen atoms in total. The summed E-state index contributed by atoms with van der Waals surface area (Å²) in [5, 5.41) is 23.7. The highest BCUT2D eigenvalue weighted by atomic mass is 16.7. The van der Waals surface area contributed by atoms with E-state index in [9.17, 15) is 5.26 Å². The summed E-state index contributed by atoms with van der Waals surface area (Å²) in [5.41, 5.74) is 13.4. The van der Waals surface area contributed by atoms with Gasteiger partial charge in [0.2, 0.25) is 18.5 Å². The lowest BCUT2D eigenvalue weighted by molar-refractivity contribution is 0.171. The lowest BCUT2D eigenvalue weighted by atomic mass is 9.94. The summed E-state index contributed by atoms with van der Waals surface area (Å²) in [6.07, 6.45) is 1.80. The fraction of sp³-hybridized carbons (Fsp3) is 0.176. The molecule has 0 bridgehead atoms. The molecule has 0 amide bonds. The standard InChI is InChI=1S/C17H14N8O3/c1-26-9-2-7(3-10-14(9)28-6-27-10)13-11-12(20)8(4-18)15(21)24-16(11)25-17(23-13)22-5-19/h2-3,13H,6H2,1H3,(H6,20,21,22,23,24,25). The van der Waals surface area contributed by atoms with Gasteiger partial charge in [0, 0.05) is 5.56 Å². The first kappa shape index (κ1) is 17.1. The Labute approximate surface area is 159 Å². The number of nitrogens with two attached hydrogens (primary N) is 2. The van der Waals surface area contributed by atoms with Gasteiger partial charge in [0.05, 0.1) is 12.8 Å². The van der Waals surface area contributed by atoms with Crippen molar-refractivity contribution in [3.8, 4) is 29.5 Å². The van der Waals surface area contributed by atoms with Crippen molar-refractivity contribution in [3.05, 3.63) is 28.8 Å². The number of hydrogen-bond acceptors (Lipinski definition) is 11. The highest BCUT2D eigenvalue weighted by Gasteiger charge is 2.32. The topological polar surface area (TPSA) is 177 Å². The molecule has 0 fully saturated rings. The number of methoxy groups -OCH3 is 1. The molecule has 0 spiro atoms. The number of pyridine rings is 1. The van der Waals surface area contributed by atoms with Crippen molar-refractivity contribution in [2.45, 2.75) is 6.04 Å². The Hall–Kier alpha value is -4.38. The molecule has 2 aliphatic rings. The molecule has 0 radical (unpaired) electrons. The van der Waals surface area contributed by atoms with Crippen LogP contribution in [0.1, 0.15) is 22.7 Å². The molecule has 2 aliphatic heterocycles. The number of aromatic nitrogens is 1. The summed E-state index contributed by atoms with van der Waals surface area (Å²) in [6.45, 7) is 0.0707. The fourth-order valence-corrected chi connectivity index (χ4v) is 3.13. The molecule has 6 N–H and O–H groups in total. The van der Waals surface area contributed by atoms with E-state index >= 15 is 0 Å². The predicted octanol–water partition coefficient (Wildman–Crippen LogP) is 0.797. The van der Waals surface area contributed by atoms with Crippen molar-refractivity contribution in [1.29, 1.82) is 10.5 Å². The van der Waals surface area contributed by atoms with Crippen LogP contribution in [-0.4, -0.2) is 24.8 Å². The summed E-state index contributed by atoms with van der Waals surface area (Å²) >= 11 is 0. The number of nitriles is 2. The molecular weight excluding hydrogens is 364 g/mol. The van der Waals surface area contributed by atoms with Crippen LogP contribution in [0.5, 0.6) is 17.2 Å². The van der Waals surface area contributed by atoms with Gasteiger partial charge >= 0.3 is 0 Å². The number of nitrogens with zero attached hydrogens (tertiary/aromatic N) is 4. The number of anilines is 3. The zero-order valence-corrected chi connectivity index (χ0v) is 14.6. The van der Waals surface area contributed by atoms with Gasteiger partial charge in [-0.1, -0.05) is 0 Å². The van der Waals surface area contributed by atoms with Gasteiger partial charge in [-0.3, -0.25) is 5.32 Å². The minimum atomic E-state index is -0.698. The molecule has 3 heterocycles. The molecule has 28 heavy (non-hydrogen) atoms. The van der Waals surface area contributed by atoms with Gasteiger partial charge < -0.3 is 31.0 Å². The fourth-order valence-electron chi connectivity index (χ4n) is 3.13. The second kappa shape index (κ2) is 6.41. The number of hydrogen-bond donors (Lipinski definition) is 4. The maximum Gasteiger partial charge on any atom is 0.231 e. The van der Waals surface area contributed by atoms with Crippen molar-refractivity contribution >= 4 is 23.3 Å². The van der Waals surface area contributed by atoms with Gasteiger partial charge in [-0.2, -0.15) is 10.5 Å². The number of nitrogen functional groups attached to an aromatic ring is 2. The van der Waals surface area contributed by atoms with Crippen LogP contribution in [0, 0.1) is 22.8 Å². The first-order chi connectivity index (χ1) is 13.6. The Bertz CT molecular complexity index is 1100. The van der Waals surface area contributed by atoms with Crippen molar-refractivity contribution < 1.29 is 14.2 Å². The lowest BCUT2D eigenvalue weighted by Crippen LogP contribution is -2.32. The van der Waals surface area contributed by atoms with Crippen LogP contribution in [0.2, 0.25) is 0 Å². The average Bonchev–Trinajstić information content (AvgIpc) is 3.15. The van der Waals surface area contributed by atoms with Crippen LogP contribution in [0.25, 0.3) is 0 Å². The molecule has 11 heteroatoms. The van der Waals surface area contributed by atoms with E-state index in [1.165, 1.54) is 7.11 Å². The van der Waals surface area contributed by atoms with Crippen LogP contribution in [0.3, 0.4) is 0 Å². The summed E-state index contributed by atoms with van der Waals surface area (Å²) in [5.74, 6) is 1.86. The Morgan fingerprint density at radius 3 is 2.86 bits per heavy atom. The Kier molecular flexibility index (Phi) is 3.90. The molecule has 1 unspecified atom stereocenters. The molecule has 1 aromatic heterocycles. The van der Waals surface area contributed by atoms with Crippen molar-refractivity contribution in [2.75, 3.05) is 30.7 Å². The highest BCUT2D eigenvalue weighted by molar-refractivity contribution is 5.98. The van der Waals surface area contributed by atoms with Gasteiger partial charge in [0.25, 0.3) is 0 Å². The normalized spacial score (nSPS) is 16.1. The summed E-state index contributed by atoms with van der Waals surface area (Å²) in [4.78, 5) is 8.72. The average molecular weight is 378 g/mol. The van der Waals surface area contributed by atoms with E-state index in [0.717, 1.165) is 0 Å². The monoisotopic (exact) mass is 378 g/mol. The van der Waals surface area contributed by atoms with Gasteiger partial charge in [-0.15, -0.1) is 0 Å². The number of fused-ring (bicyclic) bond motifs is 2. The minimum absolute atomic E-state index is 0.0218. The highest BCUT2D eigenvalue weighted by Crippen LogP contribution is 2.47. The number of nitrogens with one attached hydrogen (secondary N) is 2. The van der Waals surface area contributed by atoms with E-state index in [0.29, 0.717) is 34.2 Å². The third kappa shape index (κ3) is 2.50. The first-order valence-corrected chi connectivity index (χ1v) is 8.03. The smallest absolute Gasteiger partial charge is 0.231 e.